The maximum absolute atomic E-state index is 12.2. The molecule has 0 aliphatic heterocycles. The molecule has 1 heterocycles. The molecule has 1 aromatic heterocycles. The zero-order valence-electron chi connectivity index (χ0n) is 12.2. The van der Waals surface area contributed by atoms with Crippen molar-refractivity contribution in [3.8, 4) is 5.88 Å². The second kappa shape index (κ2) is 6.69. The number of halogens is 1. The van der Waals surface area contributed by atoms with Gasteiger partial charge in [-0.3, -0.25) is 13.9 Å². The molecule has 116 valence electrons. The van der Waals surface area contributed by atoms with Gasteiger partial charge in [-0.15, -0.1) is 5.11 Å². The number of hydrogen-bond acceptors (Lipinski definition) is 5. The lowest BCUT2D eigenvalue weighted by molar-refractivity contribution is 0.397. The first kappa shape index (κ1) is 16.2. The average molecular weight is 367 g/mol. The van der Waals surface area contributed by atoms with Crippen LogP contribution in [0.3, 0.4) is 0 Å². The zero-order valence-corrected chi connectivity index (χ0v) is 13.7. The van der Waals surface area contributed by atoms with Crippen LogP contribution in [-0.4, -0.2) is 14.2 Å². The molecule has 22 heavy (non-hydrogen) atoms. The summed E-state index contributed by atoms with van der Waals surface area (Å²) in [6, 6.07) is 7.03. The molecule has 1 aromatic carbocycles. The summed E-state index contributed by atoms with van der Waals surface area (Å²) in [5.41, 5.74) is -0.948. The second-order valence-electron chi connectivity index (χ2n) is 4.43. The number of rotatable bonds is 4. The predicted molar refractivity (Wildman–Crippen MR) is 86.3 cm³/mol. The van der Waals surface area contributed by atoms with E-state index in [0.717, 1.165) is 13.6 Å². The predicted octanol–water partition coefficient (Wildman–Crippen LogP) is 2.93. The molecule has 0 radical (unpaired) electrons. The highest BCUT2D eigenvalue weighted by molar-refractivity contribution is 9.10. The lowest BCUT2D eigenvalue weighted by Crippen LogP contribution is -2.38. The van der Waals surface area contributed by atoms with Crippen molar-refractivity contribution in [3.05, 3.63) is 49.6 Å². The van der Waals surface area contributed by atoms with E-state index in [4.69, 9.17) is 0 Å². The van der Waals surface area contributed by atoms with Crippen molar-refractivity contribution in [2.75, 3.05) is 0 Å². The molecule has 2 aromatic rings. The van der Waals surface area contributed by atoms with Crippen molar-refractivity contribution in [3.63, 3.8) is 0 Å². The molecule has 0 spiro atoms. The van der Waals surface area contributed by atoms with Crippen LogP contribution in [-0.2, 0) is 13.1 Å². The smallest absolute Gasteiger partial charge is 0.333 e. The van der Waals surface area contributed by atoms with Gasteiger partial charge in [-0.05, 0) is 32.0 Å². The average Bonchev–Trinajstić information content (AvgIpc) is 2.48. The third-order valence-electron chi connectivity index (χ3n) is 3.08. The monoisotopic (exact) mass is 366 g/mol. The molecular formula is C14H15BrN4O3. The van der Waals surface area contributed by atoms with Crippen molar-refractivity contribution >= 4 is 27.3 Å². The third-order valence-corrected chi connectivity index (χ3v) is 3.58. The van der Waals surface area contributed by atoms with Crippen molar-refractivity contribution in [2.24, 2.45) is 10.2 Å². The van der Waals surface area contributed by atoms with Gasteiger partial charge in [-0.25, -0.2) is 4.79 Å². The molecule has 7 nitrogen and oxygen atoms in total. The summed E-state index contributed by atoms with van der Waals surface area (Å²) in [6.07, 6.45) is 0. The van der Waals surface area contributed by atoms with Gasteiger partial charge in [0.05, 0.1) is 5.69 Å². The summed E-state index contributed by atoms with van der Waals surface area (Å²) in [5, 5.41) is 17.9. The Morgan fingerprint density at radius 1 is 1.14 bits per heavy atom. The van der Waals surface area contributed by atoms with Crippen LogP contribution in [0.5, 0.6) is 5.88 Å². The Balaban J connectivity index is 2.60. The number of nitrogens with zero attached hydrogens (tertiary/aromatic N) is 4. The van der Waals surface area contributed by atoms with E-state index >= 15 is 0 Å². The first-order valence-electron chi connectivity index (χ1n) is 6.73. The molecule has 1 N–H and O–H groups in total. The van der Waals surface area contributed by atoms with Gasteiger partial charge in [0, 0.05) is 17.6 Å². The minimum absolute atomic E-state index is 0.192. The molecule has 0 fully saturated rings. The summed E-state index contributed by atoms with van der Waals surface area (Å²) >= 11 is 3.31. The fourth-order valence-electron chi connectivity index (χ4n) is 1.97. The molecule has 0 amide bonds. The Bertz CT molecular complexity index is 839. The largest absolute Gasteiger partial charge is 0.493 e. The zero-order chi connectivity index (χ0) is 16.3. The van der Waals surface area contributed by atoms with Crippen LogP contribution in [0.25, 0.3) is 0 Å². The van der Waals surface area contributed by atoms with Gasteiger partial charge >= 0.3 is 5.69 Å². The van der Waals surface area contributed by atoms with Crippen molar-refractivity contribution in [1.29, 1.82) is 0 Å². The summed E-state index contributed by atoms with van der Waals surface area (Å²) in [5.74, 6) is -0.471. The lowest BCUT2D eigenvalue weighted by Gasteiger charge is -2.10. The first-order valence-corrected chi connectivity index (χ1v) is 7.52. The molecule has 8 heteroatoms. The van der Waals surface area contributed by atoms with Crippen LogP contribution in [0.1, 0.15) is 13.8 Å². The van der Waals surface area contributed by atoms with E-state index in [1.54, 1.807) is 32.0 Å². The van der Waals surface area contributed by atoms with Crippen LogP contribution in [0, 0.1) is 0 Å². The normalized spacial score (nSPS) is 11.2. The Morgan fingerprint density at radius 3 is 2.41 bits per heavy atom. The van der Waals surface area contributed by atoms with Gasteiger partial charge in [-0.2, -0.15) is 5.11 Å². The van der Waals surface area contributed by atoms with Gasteiger partial charge in [0.15, 0.2) is 0 Å². The Labute approximate surface area is 134 Å². The topological polar surface area (TPSA) is 88.9 Å². The number of benzene rings is 1. The molecule has 0 atom stereocenters. The van der Waals surface area contributed by atoms with Gasteiger partial charge < -0.3 is 5.11 Å². The number of azo groups is 1. The standard InChI is InChI=1S/C14H15BrN4O3/c1-3-18-12(20)11(13(21)19(4-2)14(18)22)17-16-10-7-5-6-9(15)8-10/h5-8,20H,3-4H2,1-2H3. The Hall–Kier alpha value is -2.22. The number of aromatic nitrogens is 2. The minimum atomic E-state index is -0.659. The van der Waals surface area contributed by atoms with Crippen LogP contribution < -0.4 is 11.2 Å². The minimum Gasteiger partial charge on any atom is -0.493 e. The van der Waals surface area contributed by atoms with Gasteiger partial charge in [0.25, 0.3) is 5.56 Å². The number of aromatic hydroxyl groups is 1. The molecule has 0 unspecified atom stereocenters. The maximum Gasteiger partial charge on any atom is 0.333 e. The van der Waals surface area contributed by atoms with Gasteiger partial charge in [-0.1, -0.05) is 22.0 Å². The van der Waals surface area contributed by atoms with Crippen molar-refractivity contribution < 1.29 is 5.11 Å². The highest BCUT2D eigenvalue weighted by Gasteiger charge is 2.16. The SMILES string of the molecule is CCn1c(O)c(N=Nc2cccc(Br)c2)c(=O)n(CC)c1=O. The third kappa shape index (κ3) is 3.01. The summed E-state index contributed by atoms with van der Waals surface area (Å²) in [7, 11) is 0. The fraction of sp³-hybridized carbons (Fsp3) is 0.286. The van der Waals surface area contributed by atoms with E-state index in [2.05, 4.69) is 26.2 Å². The van der Waals surface area contributed by atoms with Crippen molar-refractivity contribution in [2.45, 2.75) is 26.9 Å². The van der Waals surface area contributed by atoms with E-state index in [1.807, 2.05) is 6.07 Å². The van der Waals surface area contributed by atoms with Crippen LogP contribution in [0.4, 0.5) is 11.4 Å². The van der Waals surface area contributed by atoms with E-state index in [9.17, 15) is 14.7 Å². The maximum atomic E-state index is 12.2. The molecule has 2 rings (SSSR count). The van der Waals surface area contributed by atoms with Crippen LogP contribution >= 0.6 is 15.9 Å². The van der Waals surface area contributed by atoms with E-state index < -0.39 is 17.1 Å². The molecule has 0 bridgehead atoms. The van der Waals surface area contributed by atoms with Gasteiger partial charge in [0.2, 0.25) is 11.6 Å². The quantitative estimate of drug-likeness (QED) is 0.843. The van der Waals surface area contributed by atoms with Crippen LogP contribution in [0.2, 0.25) is 0 Å². The Morgan fingerprint density at radius 2 is 1.82 bits per heavy atom. The van der Waals surface area contributed by atoms with E-state index in [1.165, 1.54) is 0 Å². The highest BCUT2D eigenvalue weighted by atomic mass is 79.9. The summed E-state index contributed by atoms with van der Waals surface area (Å²) in [4.78, 5) is 24.3. The summed E-state index contributed by atoms with van der Waals surface area (Å²) in [6.45, 7) is 3.79. The molecule has 0 aliphatic rings. The fourth-order valence-corrected chi connectivity index (χ4v) is 2.36. The lowest BCUT2D eigenvalue weighted by atomic mass is 10.3. The summed E-state index contributed by atoms with van der Waals surface area (Å²) < 4.78 is 2.91. The Kier molecular flexibility index (Phi) is 4.92. The molecule has 0 saturated carbocycles. The highest BCUT2D eigenvalue weighted by Crippen LogP contribution is 2.24. The molecular weight excluding hydrogens is 352 g/mol. The second-order valence-corrected chi connectivity index (χ2v) is 5.34. The van der Waals surface area contributed by atoms with E-state index in [0.29, 0.717) is 5.69 Å². The first-order chi connectivity index (χ1) is 10.5. The number of hydrogen-bond donors (Lipinski definition) is 1. The van der Waals surface area contributed by atoms with E-state index in [-0.39, 0.29) is 18.8 Å². The molecule has 0 saturated heterocycles. The molecule has 0 aliphatic carbocycles. The van der Waals surface area contributed by atoms with Gasteiger partial charge in [0.1, 0.15) is 0 Å². The van der Waals surface area contributed by atoms with Crippen molar-refractivity contribution in [1.82, 2.24) is 9.13 Å². The van der Waals surface area contributed by atoms with Crippen LogP contribution in [0.15, 0.2) is 48.6 Å².